The van der Waals surface area contributed by atoms with Crippen molar-refractivity contribution in [1.82, 2.24) is 55.7 Å². The Balaban J connectivity index is 0.947. The number of aromatic nitrogens is 7. The number of thiazole rings is 6. The van der Waals surface area contributed by atoms with Crippen molar-refractivity contribution in [2.75, 3.05) is 11.9 Å². The molecule has 422 valence electrons. The van der Waals surface area contributed by atoms with Crippen LogP contribution >= 0.6 is 68.0 Å². The molecule has 1 aromatic carbocycles. The first kappa shape index (κ1) is 56.0. The number of nitrogens with zero attached hydrogens (tertiary/aromatic N) is 8. The number of nitrogens with one attached hydrogen (secondary N) is 4. The van der Waals surface area contributed by atoms with E-state index >= 15 is 0 Å². The van der Waals surface area contributed by atoms with Gasteiger partial charge in [0.15, 0.2) is 0 Å². The number of amides is 7. The maximum Gasteiger partial charge on any atom is 0.413 e. The summed E-state index contributed by atoms with van der Waals surface area (Å²) in [5, 5.41) is 53.1. The van der Waals surface area contributed by atoms with Gasteiger partial charge in [0, 0.05) is 49.8 Å². The number of fused-ring (bicyclic) bond motifs is 16. The zero-order valence-electron chi connectivity index (χ0n) is 43.0. The lowest BCUT2D eigenvalue weighted by Gasteiger charge is -2.25. The molecule has 6 atom stereocenters. The van der Waals surface area contributed by atoms with Crippen LogP contribution in [0, 0.1) is 18.8 Å². The SMILES string of the molecule is Cc1sc2nc1C(=O)N[C@@H]([C@H](O)c1ccccc1)c1nc(cs1)C(=O)NC(=O)N1C[C@H](O)[C@H](C)[C@H]1c1nc(cs1)-c1nc(cs1)-c1nc(-c3nc(NC(=O)O[C@H]4CC[C@H](C(=O)O)CC4)cs3)ccc1-c1nc(cs1)C(=O)N[C@H]2CC(N)=O. The quantitative estimate of drug-likeness (QED) is 0.0720. The van der Waals surface area contributed by atoms with E-state index in [4.69, 9.17) is 30.4 Å². The molecule has 3 aliphatic rings. The third-order valence-corrected chi connectivity index (χ3v) is 19.5. The molecule has 8 aromatic rings. The lowest BCUT2D eigenvalue weighted by Crippen LogP contribution is -2.43. The van der Waals surface area contributed by atoms with Gasteiger partial charge in [-0.05, 0) is 50.3 Å². The van der Waals surface area contributed by atoms with E-state index in [0.717, 1.165) is 34.0 Å². The third-order valence-electron chi connectivity index (χ3n) is 14.0. The van der Waals surface area contributed by atoms with Crippen LogP contribution < -0.4 is 27.0 Å². The molecule has 30 heteroatoms. The summed E-state index contributed by atoms with van der Waals surface area (Å²) >= 11 is 6.85. The summed E-state index contributed by atoms with van der Waals surface area (Å²) in [5.74, 6) is -4.72. The number of imide groups is 1. The van der Waals surface area contributed by atoms with Crippen LogP contribution in [-0.2, 0) is 14.3 Å². The number of rotatable bonds is 8. The van der Waals surface area contributed by atoms with Crippen LogP contribution in [0.3, 0.4) is 0 Å². The van der Waals surface area contributed by atoms with E-state index in [1.165, 1.54) is 49.7 Å². The van der Waals surface area contributed by atoms with Crippen LogP contribution in [0.2, 0.25) is 0 Å². The summed E-state index contributed by atoms with van der Waals surface area (Å²) in [4.78, 5) is 128. The van der Waals surface area contributed by atoms with Gasteiger partial charge in [0.2, 0.25) is 5.91 Å². The lowest BCUT2D eigenvalue weighted by molar-refractivity contribution is -0.143. The number of ether oxygens (including phenoxy) is 1. The fraction of sp³-hybridized carbons (Fsp3) is 0.308. The zero-order valence-corrected chi connectivity index (χ0v) is 47.9. The van der Waals surface area contributed by atoms with Crippen LogP contribution in [0.15, 0.2) is 69.4 Å². The molecule has 9 N–H and O–H groups in total. The predicted molar refractivity (Wildman–Crippen MR) is 304 cm³/mol. The summed E-state index contributed by atoms with van der Waals surface area (Å²) < 4.78 is 5.59. The highest BCUT2D eigenvalue weighted by atomic mass is 32.1. The van der Waals surface area contributed by atoms with Crippen molar-refractivity contribution in [2.45, 2.75) is 82.4 Å². The average Bonchev–Trinajstić information content (AvgIpc) is 4.52. The number of pyridine rings is 1. The Kier molecular flexibility index (Phi) is 16.1. The number of hydrogen-bond donors (Lipinski definition) is 8. The van der Waals surface area contributed by atoms with Gasteiger partial charge in [-0.15, -0.1) is 68.0 Å². The fourth-order valence-corrected chi connectivity index (χ4v) is 14.9. The summed E-state index contributed by atoms with van der Waals surface area (Å²) in [5.41, 5.74) is 7.89. The number of aryl methyl sites for hydroxylation is 1. The van der Waals surface area contributed by atoms with Gasteiger partial charge in [-0.3, -0.25) is 34.6 Å². The van der Waals surface area contributed by atoms with E-state index < -0.39 is 96.4 Å². The Bertz CT molecular complexity index is 3770. The first-order valence-corrected chi connectivity index (χ1v) is 30.6. The third kappa shape index (κ3) is 11.8. The lowest BCUT2D eigenvalue weighted by atomic mass is 9.87. The number of carboxylic acid groups (broad SMARTS) is 1. The maximum atomic E-state index is 14.3. The van der Waals surface area contributed by atoms with Gasteiger partial charge < -0.3 is 41.3 Å². The predicted octanol–water partition coefficient (Wildman–Crippen LogP) is 7.76. The Morgan fingerprint density at radius 3 is 2.17 bits per heavy atom. The second-order valence-electron chi connectivity index (χ2n) is 19.4. The zero-order chi connectivity index (χ0) is 57.5. The standard InChI is InChI=1S/C52H47N13O11S6/c1-21-33(66)15-65-39(21)49-59-32(19-80-49)46-56-29(16-78-46)37-26(12-13-27(54-37)45-60-35(20-81-45)61-52(75)76-25-10-8-24(9-11-25)50(72)73)44-57-30(17-77-44)41(69)55-28(14-34(53)67)47-63-36(22(2)82-47)43(71)62-38(40(68)23-6-4-3-5-7-23)48-58-31(18-79-48)42(70)64-51(65)74/h3-7,12-13,16-21,24-25,28,33,38-40,66,68H,8-11,14-15H2,1-2H3,(H2,53,67)(H,55,69)(H,61,75)(H,62,71)(H,72,73)(H,64,70,74)/t21-,24-,25-,28-,33-,38-,39-,40+/m0/s1. The molecule has 1 saturated carbocycles. The minimum atomic E-state index is -1.39. The molecule has 10 bridgehead atoms. The van der Waals surface area contributed by atoms with Crippen LogP contribution in [0.25, 0.3) is 43.4 Å². The number of primary amides is 1. The number of urea groups is 1. The topological polar surface area (TPSA) is 357 Å². The fourth-order valence-electron chi connectivity index (χ4n) is 9.68. The smallest absolute Gasteiger partial charge is 0.413 e. The van der Waals surface area contributed by atoms with Crippen molar-refractivity contribution in [1.29, 1.82) is 0 Å². The Hall–Kier alpha value is -7.84. The molecule has 9 heterocycles. The van der Waals surface area contributed by atoms with Gasteiger partial charge in [-0.1, -0.05) is 37.3 Å². The molecule has 1 saturated heterocycles. The number of carbonyl (C=O) groups excluding carboxylic acids is 6. The second-order valence-corrected chi connectivity index (χ2v) is 25.0. The van der Waals surface area contributed by atoms with Crippen molar-refractivity contribution < 1.29 is 53.6 Å². The minimum absolute atomic E-state index is 0.0247. The molecular formula is C52H47N13O11S6. The molecule has 24 nitrogen and oxygen atoms in total. The largest absolute Gasteiger partial charge is 0.481 e. The molecule has 2 fully saturated rings. The van der Waals surface area contributed by atoms with Gasteiger partial charge >= 0.3 is 18.1 Å². The number of aliphatic hydroxyl groups is 2. The molecule has 7 aromatic heterocycles. The maximum absolute atomic E-state index is 14.3. The van der Waals surface area contributed by atoms with Crippen LogP contribution in [-0.4, -0.2) is 116 Å². The van der Waals surface area contributed by atoms with Gasteiger partial charge in [-0.25, -0.2) is 44.5 Å². The first-order chi connectivity index (χ1) is 39.4. The number of benzene rings is 1. The molecule has 0 spiro atoms. The summed E-state index contributed by atoms with van der Waals surface area (Å²) in [7, 11) is 0. The minimum Gasteiger partial charge on any atom is -0.481 e. The van der Waals surface area contributed by atoms with E-state index in [1.54, 1.807) is 72.5 Å². The molecule has 0 radical (unpaired) electrons. The number of aliphatic carboxylic acids is 1. The monoisotopic (exact) mass is 1220 g/mol. The molecule has 82 heavy (non-hydrogen) atoms. The van der Waals surface area contributed by atoms with Crippen molar-refractivity contribution in [2.24, 2.45) is 17.6 Å². The van der Waals surface area contributed by atoms with Crippen molar-refractivity contribution in [3.63, 3.8) is 0 Å². The summed E-state index contributed by atoms with van der Waals surface area (Å²) in [6.45, 7) is 3.28. The van der Waals surface area contributed by atoms with Crippen molar-refractivity contribution in [3.05, 3.63) is 112 Å². The molecule has 1 aliphatic carbocycles. The highest BCUT2D eigenvalue weighted by Crippen LogP contribution is 2.43. The van der Waals surface area contributed by atoms with Gasteiger partial charge in [0.25, 0.3) is 17.7 Å². The number of anilines is 1. The van der Waals surface area contributed by atoms with Crippen LogP contribution in [0.1, 0.15) is 120 Å². The van der Waals surface area contributed by atoms with E-state index in [9.17, 15) is 48.9 Å². The Morgan fingerprint density at radius 1 is 0.732 bits per heavy atom. The normalized spacial score (nSPS) is 21.7. The molecule has 2 aliphatic heterocycles. The van der Waals surface area contributed by atoms with Crippen molar-refractivity contribution >= 4 is 116 Å². The van der Waals surface area contributed by atoms with E-state index in [0.29, 0.717) is 84.5 Å². The summed E-state index contributed by atoms with van der Waals surface area (Å²) in [6.07, 6.45) is -2.28. The van der Waals surface area contributed by atoms with Gasteiger partial charge in [-0.2, -0.15) is 0 Å². The van der Waals surface area contributed by atoms with Gasteiger partial charge in [0.1, 0.15) is 88.3 Å². The molecule has 7 amide bonds. The number of carboxylic acids is 1. The van der Waals surface area contributed by atoms with Gasteiger partial charge in [0.05, 0.1) is 36.2 Å². The number of nitrogens with two attached hydrogens (primary N) is 1. The van der Waals surface area contributed by atoms with E-state index in [1.807, 2.05) is 0 Å². The highest BCUT2D eigenvalue weighted by Gasteiger charge is 2.44. The van der Waals surface area contributed by atoms with Crippen LogP contribution in [0.5, 0.6) is 0 Å². The summed E-state index contributed by atoms with van der Waals surface area (Å²) in [6, 6.07) is 7.99. The number of carbonyl (C=O) groups is 7. The number of aliphatic hydroxyl groups excluding tert-OH is 2. The van der Waals surface area contributed by atoms with Crippen molar-refractivity contribution in [3.8, 4) is 43.4 Å². The Morgan fingerprint density at radius 2 is 1.40 bits per heavy atom. The Labute approximate surface area is 489 Å². The average molecular weight is 1220 g/mol. The molecule has 11 rings (SSSR count). The number of hydrogen-bond acceptors (Lipinski definition) is 23. The van der Waals surface area contributed by atoms with Crippen LogP contribution in [0.4, 0.5) is 15.4 Å². The highest BCUT2D eigenvalue weighted by molar-refractivity contribution is 7.15. The van der Waals surface area contributed by atoms with E-state index in [2.05, 4.69) is 36.2 Å². The first-order valence-electron chi connectivity index (χ1n) is 25.3. The second kappa shape index (κ2) is 23.6. The van der Waals surface area contributed by atoms with E-state index in [-0.39, 0.29) is 39.5 Å². The molecule has 0 unspecified atom stereocenters. The molecular weight excluding hydrogens is 1180 g/mol.